The number of carbonyl (C=O) groups is 1. The van der Waals surface area contributed by atoms with E-state index in [-0.39, 0.29) is 10.7 Å². The minimum atomic E-state index is -0.145. The fraction of sp³-hybridized carbons (Fsp3) is 0.429. The Morgan fingerprint density at radius 2 is 2.11 bits per heavy atom. The maximum absolute atomic E-state index is 11.9. The van der Waals surface area contributed by atoms with Crippen molar-refractivity contribution < 1.29 is 4.79 Å². The molecule has 2 aromatic rings. The molecule has 0 radical (unpaired) electrons. The topological polar surface area (TPSA) is 42.0 Å². The van der Waals surface area contributed by atoms with E-state index in [1.165, 1.54) is 22.5 Å². The molecule has 1 aromatic heterocycles. The summed E-state index contributed by atoms with van der Waals surface area (Å²) in [5.41, 5.74) is 3.42. The number of rotatable bonds is 4. The molecule has 0 aliphatic carbocycles. The Morgan fingerprint density at radius 1 is 1.42 bits per heavy atom. The molecular formula is C14H17BrN2OS. The third kappa shape index (κ3) is 3.34. The average Bonchev–Trinajstić information content (AvgIpc) is 2.71. The first kappa shape index (κ1) is 14.5. The van der Waals surface area contributed by atoms with Crippen LogP contribution in [0.5, 0.6) is 0 Å². The van der Waals surface area contributed by atoms with Crippen LogP contribution in [0.4, 0.5) is 5.13 Å². The van der Waals surface area contributed by atoms with Gasteiger partial charge in [-0.3, -0.25) is 4.79 Å². The van der Waals surface area contributed by atoms with Crippen molar-refractivity contribution in [3.63, 3.8) is 0 Å². The van der Waals surface area contributed by atoms with Gasteiger partial charge < -0.3 is 5.32 Å². The largest absolute Gasteiger partial charge is 0.301 e. The van der Waals surface area contributed by atoms with E-state index in [4.69, 9.17) is 0 Å². The van der Waals surface area contributed by atoms with E-state index in [2.05, 4.69) is 59.1 Å². The minimum absolute atomic E-state index is 0.0191. The Labute approximate surface area is 125 Å². The number of fused-ring (bicyclic) bond motifs is 1. The van der Waals surface area contributed by atoms with Gasteiger partial charge in [-0.25, -0.2) is 4.98 Å². The Hall–Kier alpha value is -0.940. The molecule has 0 saturated heterocycles. The van der Waals surface area contributed by atoms with Crippen molar-refractivity contribution in [2.24, 2.45) is 0 Å². The molecule has 2 rings (SSSR count). The minimum Gasteiger partial charge on any atom is -0.301 e. The van der Waals surface area contributed by atoms with E-state index >= 15 is 0 Å². The molecule has 1 heterocycles. The van der Waals surface area contributed by atoms with Crippen LogP contribution in [0, 0.1) is 13.8 Å². The highest BCUT2D eigenvalue weighted by atomic mass is 79.9. The van der Waals surface area contributed by atoms with Crippen LogP contribution in [-0.2, 0) is 4.79 Å². The summed E-state index contributed by atoms with van der Waals surface area (Å²) < 4.78 is 1.11. The van der Waals surface area contributed by atoms with Crippen LogP contribution in [0.2, 0.25) is 0 Å². The number of nitrogens with zero attached hydrogens (tertiary/aromatic N) is 1. The second-order valence-electron chi connectivity index (χ2n) is 4.67. The smallest absolute Gasteiger partial charge is 0.239 e. The number of carbonyl (C=O) groups excluding carboxylic acids is 1. The van der Waals surface area contributed by atoms with E-state index in [1.54, 1.807) is 0 Å². The summed E-state index contributed by atoms with van der Waals surface area (Å²) in [6.07, 6.45) is 1.80. The number of hydrogen-bond donors (Lipinski definition) is 1. The highest BCUT2D eigenvalue weighted by Crippen LogP contribution is 2.28. The molecule has 0 aliphatic heterocycles. The van der Waals surface area contributed by atoms with Crippen LogP contribution in [0.25, 0.3) is 10.2 Å². The number of amides is 1. The second kappa shape index (κ2) is 6.01. The van der Waals surface area contributed by atoms with Gasteiger partial charge in [0.25, 0.3) is 0 Å². The predicted octanol–water partition coefficient (Wildman–Crippen LogP) is 4.42. The van der Waals surface area contributed by atoms with Gasteiger partial charge in [0.1, 0.15) is 0 Å². The van der Waals surface area contributed by atoms with Crippen molar-refractivity contribution in [1.82, 2.24) is 4.98 Å². The number of aromatic nitrogens is 1. The second-order valence-corrected chi connectivity index (χ2v) is 6.80. The van der Waals surface area contributed by atoms with E-state index < -0.39 is 0 Å². The van der Waals surface area contributed by atoms with Gasteiger partial charge in [-0.1, -0.05) is 40.6 Å². The van der Waals surface area contributed by atoms with Crippen molar-refractivity contribution in [2.75, 3.05) is 5.32 Å². The zero-order valence-electron chi connectivity index (χ0n) is 11.3. The number of halogens is 1. The molecule has 0 bridgehead atoms. The molecule has 0 saturated carbocycles. The highest BCUT2D eigenvalue weighted by Gasteiger charge is 2.15. The standard InChI is InChI=1S/C14H17BrN2OS/c1-4-5-10(15)13(18)17-14-16-11-6-8(2)9(3)7-12(11)19-14/h6-7,10H,4-5H2,1-3H3,(H,16,17,18)/t10-/m0/s1. The maximum Gasteiger partial charge on any atom is 0.239 e. The lowest BCUT2D eigenvalue weighted by Crippen LogP contribution is -2.22. The normalized spacial score (nSPS) is 12.6. The van der Waals surface area contributed by atoms with Crippen molar-refractivity contribution in [1.29, 1.82) is 0 Å². The Bertz CT molecular complexity index is 570. The first-order chi connectivity index (χ1) is 9.01. The molecule has 3 nitrogen and oxygen atoms in total. The summed E-state index contributed by atoms with van der Waals surface area (Å²) in [5, 5.41) is 3.55. The predicted molar refractivity (Wildman–Crippen MR) is 85.3 cm³/mol. The first-order valence-electron chi connectivity index (χ1n) is 6.34. The Balaban J connectivity index is 2.20. The lowest BCUT2D eigenvalue weighted by atomic mass is 10.1. The van der Waals surface area contributed by atoms with Gasteiger partial charge in [-0.15, -0.1) is 0 Å². The number of thiazole rings is 1. The molecule has 0 unspecified atom stereocenters. The Kier molecular flexibility index (Phi) is 4.58. The van der Waals surface area contributed by atoms with E-state index in [1.807, 2.05) is 0 Å². The van der Waals surface area contributed by atoms with Gasteiger partial charge in [0.2, 0.25) is 5.91 Å². The molecule has 19 heavy (non-hydrogen) atoms. The number of nitrogens with one attached hydrogen (secondary N) is 1. The third-order valence-corrected chi connectivity index (χ3v) is 4.87. The van der Waals surface area contributed by atoms with Crippen LogP contribution in [-0.4, -0.2) is 15.7 Å². The quantitative estimate of drug-likeness (QED) is 0.837. The summed E-state index contributed by atoms with van der Waals surface area (Å²) in [4.78, 5) is 16.2. The van der Waals surface area contributed by atoms with Gasteiger partial charge >= 0.3 is 0 Å². The molecule has 1 atom stereocenters. The molecule has 102 valence electrons. The number of alkyl halides is 1. The fourth-order valence-electron chi connectivity index (χ4n) is 1.80. The monoisotopic (exact) mass is 340 g/mol. The molecular weight excluding hydrogens is 324 g/mol. The molecule has 1 aromatic carbocycles. The number of benzene rings is 1. The zero-order chi connectivity index (χ0) is 14.0. The van der Waals surface area contributed by atoms with Gasteiger partial charge in [0, 0.05) is 0 Å². The molecule has 5 heteroatoms. The Morgan fingerprint density at radius 3 is 2.79 bits per heavy atom. The van der Waals surface area contributed by atoms with Crippen molar-refractivity contribution in [3.05, 3.63) is 23.3 Å². The van der Waals surface area contributed by atoms with Crippen molar-refractivity contribution in [3.8, 4) is 0 Å². The van der Waals surface area contributed by atoms with Gasteiger partial charge in [-0.05, 0) is 43.5 Å². The molecule has 0 aliphatic rings. The van der Waals surface area contributed by atoms with Crippen LogP contribution >= 0.6 is 27.3 Å². The van der Waals surface area contributed by atoms with Gasteiger partial charge in [-0.2, -0.15) is 0 Å². The molecule has 0 spiro atoms. The van der Waals surface area contributed by atoms with Crippen LogP contribution in [0.3, 0.4) is 0 Å². The summed E-state index contributed by atoms with van der Waals surface area (Å²) in [6, 6.07) is 4.18. The van der Waals surface area contributed by atoms with Gasteiger partial charge in [0.05, 0.1) is 15.0 Å². The van der Waals surface area contributed by atoms with Crippen molar-refractivity contribution >= 4 is 48.5 Å². The maximum atomic E-state index is 11.9. The van der Waals surface area contributed by atoms with Crippen LogP contribution < -0.4 is 5.32 Å². The van der Waals surface area contributed by atoms with Crippen LogP contribution in [0.15, 0.2) is 12.1 Å². The molecule has 1 N–H and O–H groups in total. The van der Waals surface area contributed by atoms with Crippen molar-refractivity contribution in [2.45, 2.75) is 38.4 Å². The lowest BCUT2D eigenvalue weighted by Gasteiger charge is -2.06. The summed E-state index contributed by atoms with van der Waals surface area (Å²) in [5.74, 6) is -0.0191. The summed E-state index contributed by atoms with van der Waals surface area (Å²) in [6.45, 7) is 6.22. The number of anilines is 1. The third-order valence-electron chi connectivity index (χ3n) is 3.06. The highest BCUT2D eigenvalue weighted by molar-refractivity contribution is 9.10. The fourth-order valence-corrected chi connectivity index (χ4v) is 3.32. The van der Waals surface area contributed by atoms with E-state index in [9.17, 15) is 4.79 Å². The lowest BCUT2D eigenvalue weighted by molar-refractivity contribution is -0.115. The van der Waals surface area contributed by atoms with E-state index in [0.29, 0.717) is 5.13 Å². The SMILES string of the molecule is CCC[C@H](Br)C(=O)Nc1nc2cc(C)c(C)cc2s1. The molecule has 0 fully saturated rings. The number of aryl methyl sites for hydroxylation is 2. The van der Waals surface area contributed by atoms with E-state index in [0.717, 1.165) is 23.1 Å². The average molecular weight is 341 g/mol. The summed E-state index contributed by atoms with van der Waals surface area (Å²) in [7, 11) is 0. The summed E-state index contributed by atoms with van der Waals surface area (Å²) >= 11 is 4.91. The van der Waals surface area contributed by atoms with Crippen LogP contribution in [0.1, 0.15) is 30.9 Å². The molecule has 1 amide bonds. The van der Waals surface area contributed by atoms with Gasteiger partial charge in [0.15, 0.2) is 5.13 Å². The first-order valence-corrected chi connectivity index (χ1v) is 8.07. The number of hydrogen-bond acceptors (Lipinski definition) is 3. The zero-order valence-corrected chi connectivity index (χ0v) is 13.7.